The Bertz CT molecular complexity index is 495. The predicted octanol–water partition coefficient (Wildman–Crippen LogP) is 1.68. The molecule has 0 aliphatic carbocycles. The molecule has 0 aliphatic rings. The number of ether oxygens (including phenoxy) is 1. The summed E-state index contributed by atoms with van der Waals surface area (Å²) in [5, 5.41) is 26.3. The molecular weight excluding hydrogens is 272 g/mol. The highest BCUT2D eigenvalue weighted by molar-refractivity contribution is 5.89. The fourth-order valence-electron chi connectivity index (χ4n) is 2.12. The first kappa shape index (κ1) is 17.4. The maximum Gasteiger partial charge on any atom is 0.313 e. The molecule has 21 heavy (non-hydrogen) atoms. The minimum atomic E-state index is -2.82. The molecule has 0 radical (unpaired) electrons. The molecule has 0 bridgehead atoms. The molecule has 0 heterocycles. The van der Waals surface area contributed by atoms with E-state index in [0.29, 0.717) is 0 Å². The van der Waals surface area contributed by atoms with Crippen LogP contribution < -0.4 is 0 Å². The molecule has 0 aliphatic heterocycles. The van der Waals surface area contributed by atoms with Crippen molar-refractivity contribution in [1.29, 1.82) is 0 Å². The van der Waals surface area contributed by atoms with E-state index in [-0.39, 0.29) is 6.61 Å². The number of benzene rings is 1. The summed E-state index contributed by atoms with van der Waals surface area (Å²) >= 11 is 0. The number of hydrogen-bond donors (Lipinski definition) is 3. The van der Waals surface area contributed by atoms with Crippen LogP contribution in [-0.2, 0) is 9.53 Å². The van der Waals surface area contributed by atoms with Crippen LogP contribution in [0.1, 0.15) is 32.8 Å². The molecule has 0 amide bonds. The van der Waals surface area contributed by atoms with Gasteiger partial charge < -0.3 is 20.1 Å². The summed E-state index contributed by atoms with van der Waals surface area (Å²) in [5.74, 6) is -3.77. The number of rotatable bonds is 6. The van der Waals surface area contributed by atoms with Crippen molar-refractivity contribution in [3.8, 4) is 0 Å². The van der Waals surface area contributed by atoms with Crippen LogP contribution in [0, 0.1) is 5.92 Å². The minimum Gasteiger partial charge on any atom is -0.465 e. The third kappa shape index (κ3) is 5.67. The topological polar surface area (TPSA) is 87.0 Å². The van der Waals surface area contributed by atoms with E-state index < -0.39 is 24.3 Å². The predicted molar refractivity (Wildman–Crippen MR) is 78.8 cm³/mol. The Hall–Kier alpha value is -1.69. The molecular formula is C16H22O5. The molecule has 0 spiro atoms. The summed E-state index contributed by atoms with van der Waals surface area (Å²) in [6, 6.07) is 9.54. The normalized spacial score (nSPS) is 12.7. The zero-order valence-corrected chi connectivity index (χ0v) is 12.5. The lowest BCUT2D eigenvalue weighted by Crippen LogP contribution is -2.30. The van der Waals surface area contributed by atoms with Crippen molar-refractivity contribution in [3.63, 3.8) is 0 Å². The van der Waals surface area contributed by atoms with E-state index in [9.17, 15) is 4.79 Å². The highest BCUT2D eigenvalue weighted by Crippen LogP contribution is 2.27. The molecule has 0 aromatic heterocycles. The average Bonchev–Trinajstić information content (AvgIpc) is 2.38. The van der Waals surface area contributed by atoms with Crippen LogP contribution in [0.15, 0.2) is 35.9 Å². The van der Waals surface area contributed by atoms with E-state index in [1.165, 1.54) is 0 Å². The van der Waals surface area contributed by atoms with Gasteiger partial charge in [-0.25, -0.2) is 0 Å². The first-order chi connectivity index (χ1) is 9.72. The van der Waals surface area contributed by atoms with Gasteiger partial charge in [0.05, 0.1) is 18.9 Å². The summed E-state index contributed by atoms with van der Waals surface area (Å²) in [6.45, 7) is 5.32. The molecule has 1 aromatic carbocycles. The van der Waals surface area contributed by atoms with Crippen LogP contribution in [0.2, 0.25) is 0 Å². The first-order valence-electron chi connectivity index (χ1n) is 6.79. The Morgan fingerprint density at radius 1 is 1.19 bits per heavy atom. The van der Waals surface area contributed by atoms with Gasteiger partial charge in [0.25, 0.3) is 5.97 Å². The number of carbonyl (C=O) groups excluding carboxylic acids is 1. The zero-order chi connectivity index (χ0) is 16.0. The molecule has 1 unspecified atom stereocenters. The van der Waals surface area contributed by atoms with Gasteiger partial charge in [0.15, 0.2) is 0 Å². The van der Waals surface area contributed by atoms with Crippen LogP contribution >= 0.6 is 0 Å². The average molecular weight is 294 g/mol. The molecule has 0 saturated carbocycles. The molecule has 3 N–H and O–H groups in total. The Labute approximate surface area is 124 Å². The smallest absolute Gasteiger partial charge is 0.313 e. The minimum absolute atomic E-state index is 0.266. The Morgan fingerprint density at radius 3 is 2.24 bits per heavy atom. The van der Waals surface area contributed by atoms with Crippen LogP contribution in [0.25, 0.3) is 5.57 Å². The molecule has 1 atom stereocenters. The Balaban J connectivity index is 2.77. The molecule has 0 saturated heterocycles. The van der Waals surface area contributed by atoms with Gasteiger partial charge in [-0.15, -0.1) is 0 Å². The summed E-state index contributed by atoms with van der Waals surface area (Å²) in [5.41, 5.74) is 2.83. The van der Waals surface area contributed by atoms with E-state index in [1.54, 1.807) is 6.92 Å². The Morgan fingerprint density at radius 2 is 1.76 bits per heavy atom. The van der Waals surface area contributed by atoms with Gasteiger partial charge in [-0.05, 0) is 31.9 Å². The van der Waals surface area contributed by atoms with Crippen LogP contribution in [0.4, 0.5) is 0 Å². The van der Waals surface area contributed by atoms with Crippen molar-refractivity contribution in [1.82, 2.24) is 0 Å². The van der Waals surface area contributed by atoms with Crippen molar-refractivity contribution in [2.24, 2.45) is 5.92 Å². The third-order valence-corrected chi connectivity index (χ3v) is 3.09. The second-order valence-corrected chi connectivity index (χ2v) is 5.19. The Kier molecular flexibility index (Phi) is 6.08. The number of allylic oxidation sites excluding steroid dienone is 1. The molecule has 0 fully saturated rings. The van der Waals surface area contributed by atoms with Gasteiger partial charge in [-0.1, -0.05) is 35.9 Å². The molecule has 1 rings (SSSR count). The standard InChI is InChI=1S/C16H22O5/c1-11(2)14(13-7-5-4-6-8-13)12(3)15(17)21-10-9-16(18,19)20/h4-8,12,18-20H,9-10H2,1-3H3. The second-order valence-electron chi connectivity index (χ2n) is 5.19. The lowest BCUT2D eigenvalue weighted by atomic mass is 9.90. The van der Waals surface area contributed by atoms with Gasteiger partial charge in [0.1, 0.15) is 0 Å². The largest absolute Gasteiger partial charge is 0.465 e. The number of carbonyl (C=O) groups is 1. The van der Waals surface area contributed by atoms with E-state index in [4.69, 9.17) is 20.1 Å². The maximum atomic E-state index is 12.0. The van der Waals surface area contributed by atoms with Crippen molar-refractivity contribution >= 4 is 11.5 Å². The summed E-state index contributed by atoms with van der Waals surface area (Å²) in [4.78, 5) is 12.0. The first-order valence-corrected chi connectivity index (χ1v) is 6.79. The van der Waals surface area contributed by atoms with E-state index in [1.807, 2.05) is 44.2 Å². The third-order valence-electron chi connectivity index (χ3n) is 3.09. The summed E-state index contributed by atoms with van der Waals surface area (Å²) in [6.07, 6.45) is -0.457. The van der Waals surface area contributed by atoms with E-state index in [2.05, 4.69) is 0 Å². The number of esters is 1. The molecule has 5 heteroatoms. The summed E-state index contributed by atoms with van der Waals surface area (Å²) in [7, 11) is 0. The zero-order valence-electron chi connectivity index (χ0n) is 12.5. The van der Waals surface area contributed by atoms with Crippen LogP contribution in [0.3, 0.4) is 0 Å². The van der Waals surface area contributed by atoms with Gasteiger partial charge in [-0.2, -0.15) is 0 Å². The highest BCUT2D eigenvalue weighted by Gasteiger charge is 2.24. The van der Waals surface area contributed by atoms with Gasteiger partial charge in [-0.3, -0.25) is 4.79 Å². The van der Waals surface area contributed by atoms with Gasteiger partial charge in [0.2, 0.25) is 0 Å². The monoisotopic (exact) mass is 294 g/mol. The number of aliphatic hydroxyl groups is 3. The molecule has 116 valence electrons. The highest BCUT2D eigenvalue weighted by atomic mass is 16.7. The fourth-order valence-corrected chi connectivity index (χ4v) is 2.12. The van der Waals surface area contributed by atoms with Crippen LogP contribution in [-0.4, -0.2) is 33.9 Å². The quantitative estimate of drug-likeness (QED) is 0.549. The van der Waals surface area contributed by atoms with Crippen molar-refractivity contribution in [3.05, 3.63) is 41.5 Å². The maximum absolute atomic E-state index is 12.0. The summed E-state index contributed by atoms with van der Waals surface area (Å²) < 4.78 is 4.98. The van der Waals surface area contributed by atoms with Crippen molar-refractivity contribution < 1.29 is 24.9 Å². The van der Waals surface area contributed by atoms with E-state index in [0.717, 1.165) is 16.7 Å². The number of hydrogen-bond acceptors (Lipinski definition) is 5. The lowest BCUT2D eigenvalue weighted by Gasteiger charge is -2.19. The van der Waals surface area contributed by atoms with Crippen molar-refractivity contribution in [2.45, 2.75) is 33.2 Å². The van der Waals surface area contributed by atoms with Gasteiger partial charge in [0, 0.05) is 0 Å². The van der Waals surface area contributed by atoms with Crippen molar-refractivity contribution in [2.75, 3.05) is 6.61 Å². The molecule has 1 aromatic rings. The molecule has 5 nitrogen and oxygen atoms in total. The SMILES string of the molecule is CC(C)=C(c1ccccc1)C(C)C(=O)OCCC(O)(O)O. The second kappa shape index (κ2) is 7.36. The fraction of sp³-hybridized carbons (Fsp3) is 0.438. The van der Waals surface area contributed by atoms with Crippen LogP contribution in [0.5, 0.6) is 0 Å². The van der Waals surface area contributed by atoms with Gasteiger partial charge >= 0.3 is 5.97 Å². The van der Waals surface area contributed by atoms with E-state index >= 15 is 0 Å². The lowest BCUT2D eigenvalue weighted by molar-refractivity contribution is -0.317.